The minimum atomic E-state index is -1.82. The van der Waals surface area contributed by atoms with Gasteiger partial charge in [-0.2, -0.15) is 0 Å². The molecule has 0 saturated carbocycles. The molecular weight excluding hydrogens is 395 g/mol. The lowest BCUT2D eigenvalue weighted by Crippen LogP contribution is -2.48. The van der Waals surface area contributed by atoms with Gasteiger partial charge in [-0.3, -0.25) is 9.69 Å². The van der Waals surface area contributed by atoms with Gasteiger partial charge in [-0.25, -0.2) is 14.0 Å². The van der Waals surface area contributed by atoms with Crippen molar-refractivity contribution in [3.63, 3.8) is 0 Å². The van der Waals surface area contributed by atoms with Gasteiger partial charge in [0.15, 0.2) is 0 Å². The van der Waals surface area contributed by atoms with E-state index in [1.165, 1.54) is 6.07 Å². The summed E-state index contributed by atoms with van der Waals surface area (Å²) in [7, 11) is 1.59. The standard InChI is InChI=1S/C19H21FN2O2.C2H2O4/c1-24-18-7-3-5-16(13-18)19(23)22-10-8-21(9-11-22)14-15-4-2-6-17(20)12-15;3-1(4)2(5)6/h2-7,12-13H,8-11,14H2,1H3;(H,3,4)(H,5,6). The Morgan fingerprint density at radius 3 is 2.17 bits per heavy atom. The van der Waals surface area contributed by atoms with Crippen LogP contribution in [0.1, 0.15) is 15.9 Å². The van der Waals surface area contributed by atoms with Crippen molar-refractivity contribution in [3.8, 4) is 5.75 Å². The van der Waals surface area contributed by atoms with Crippen LogP contribution >= 0.6 is 0 Å². The molecule has 3 rings (SSSR count). The fraction of sp³-hybridized carbons (Fsp3) is 0.286. The van der Waals surface area contributed by atoms with E-state index >= 15 is 0 Å². The molecule has 0 radical (unpaired) electrons. The second-order valence-corrected chi connectivity index (χ2v) is 6.54. The highest BCUT2D eigenvalue weighted by Crippen LogP contribution is 2.16. The minimum Gasteiger partial charge on any atom is -0.497 e. The highest BCUT2D eigenvalue weighted by molar-refractivity contribution is 6.27. The fourth-order valence-electron chi connectivity index (χ4n) is 2.94. The molecule has 1 heterocycles. The van der Waals surface area contributed by atoms with Crippen LogP contribution in [-0.2, 0) is 16.1 Å². The number of amides is 1. The molecule has 9 heteroatoms. The van der Waals surface area contributed by atoms with Crippen molar-refractivity contribution in [3.05, 3.63) is 65.5 Å². The zero-order valence-corrected chi connectivity index (χ0v) is 16.5. The highest BCUT2D eigenvalue weighted by atomic mass is 19.1. The van der Waals surface area contributed by atoms with E-state index in [4.69, 9.17) is 24.5 Å². The van der Waals surface area contributed by atoms with Crippen LogP contribution < -0.4 is 4.74 Å². The SMILES string of the molecule is COc1cccc(C(=O)N2CCN(Cc3cccc(F)c3)CC2)c1.O=C(O)C(=O)O. The monoisotopic (exact) mass is 418 g/mol. The summed E-state index contributed by atoms with van der Waals surface area (Å²) in [6.45, 7) is 3.62. The van der Waals surface area contributed by atoms with Crippen LogP contribution in [0.5, 0.6) is 5.75 Å². The second-order valence-electron chi connectivity index (χ2n) is 6.54. The Hall–Kier alpha value is -3.46. The van der Waals surface area contributed by atoms with Crippen molar-refractivity contribution in [2.45, 2.75) is 6.54 Å². The number of aliphatic carboxylic acids is 2. The van der Waals surface area contributed by atoms with E-state index in [1.807, 2.05) is 29.2 Å². The number of rotatable bonds is 4. The summed E-state index contributed by atoms with van der Waals surface area (Å²) < 4.78 is 18.4. The molecule has 2 aromatic rings. The Labute approximate surface area is 173 Å². The number of carboxylic acid groups (broad SMARTS) is 2. The molecule has 0 spiro atoms. The molecule has 2 aromatic carbocycles. The number of carboxylic acids is 2. The fourth-order valence-corrected chi connectivity index (χ4v) is 2.94. The first-order valence-electron chi connectivity index (χ1n) is 9.16. The van der Waals surface area contributed by atoms with E-state index < -0.39 is 11.9 Å². The number of benzene rings is 2. The van der Waals surface area contributed by atoms with Crippen LogP contribution in [0.4, 0.5) is 4.39 Å². The molecule has 0 aromatic heterocycles. The highest BCUT2D eigenvalue weighted by Gasteiger charge is 2.22. The molecular formula is C21H23FN2O6. The zero-order valence-electron chi connectivity index (χ0n) is 16.5. The van der Waals surface area contributed by atoms with Gasteiger partial charge in [0.1, 0.15) is 11.6 Å². The zero-order chi connectivity index (χ0) is 22.1. The van der Waals surface area contributed by atoms with Gasteiger partial charge in [-0.15, -0.1) is 0 Å². The van der Waals surface area contributed by atoms with Gasteiger partial charge < -0.3 is 19.8 Å². The number of hydrogen-bond acceptors (Lipinski definition) is 5. The van der Waals surface area contributed by atoms with Crippen molar-refractivity contribution in [1.82, 2.24) is 9.80 Å². The molecule has 1 aliphatic rings. The van der Waals surface area contributed by atoms with Gasteiger partial charge in [-0.05, 0) is 35.9 Å². The molecule has 1 saturated heterocycles. The Kier molecular flexibility index (Phi) is 8.30. The predicted molar refractivity (Wildman–Crippen MR) is 106 cm³/mol. The molecule has 8 nitrogen and oxygen atoms in total. The smallest absolute Gasteiger partial charge is 0.414 e. The Bertz CT molecular complexity index is 885. The number of piperazine rings is 1. The maximum absolute atomic E-state index is 13.3. The van der Waals surface area contributed by atoms with Crippen molar-refractivity contribution in [2.24, 2.45) is 0 Å². The quantitative estimate of drug-likeness (QED) is 0.731. The lowest BCUT2D eigenvalue weighted by Gasteiger charge is -2.34. The molecule has 160 valence electrons. The van der Waals surface area contributed by atoms with E-state index in [-0.39, 0.29) is 11.7 Å². The minimum absolute atomic E-state index is 0.0271. The van der Waals surface area contributed by atoms with E-state index in [1.54, 1.807) is 25.3 Å². The Morgan fingerprint density at radius 2 is 1.60 bits per heavy atom. The molecule has 0 atom stereocenters. The first kappa shape index (κ1) is 22.8. The molecule has 1 aliphatic heterocycles. The van der Waals surface area contributed by atoms with Crippen LogP contribution in [-0.4, -0.2) is 71.1 Å². The summed E-state index contributed by atoms with van der Waals surface area (Å²) in [4.78, 5) is 34.9. The Balaban J connectivity index is 0.000000469. The van der Waals surface area contributed by atoms with Crippen LogP contribution in [0.15, 0.2) is 48.5 Å². The average Bonchev–Trinajstić information content (AvgIpc) is 2.74. The largest absolute Gasteiger partial charge is 0.497 e. The van der Waals surface area contributed by atoms with Gasteiger partial charge in [-0.1, -0.05) is 18.2 Å². The van der Waals surface area contributed by atoms with Gasteiger partial charge in [0.05, 0.1) is 7.11 Å². The Morgan fingerprint density at radius 1 is 0.967 bits per heavy atom. The van der Waals surface area contributed by atoms with Crippen molar-refractivity contribution in [2.75, 3.05) is 33.3 Å². The first-order chi connectivity index (χ1) is 14.3. The maximum Gasteiger partial charge on any atom is 0.414 e. The molecule has 0 unspecified atom stereocenters. The van der Waals surface area contributed by atoms with Crippen molar-refractivity contribution in [1.29, 1.82) is 0 Å². The van der Waals surface area contributed by atoms with E-state index in [0.717, 1.165) is 18.7 Å². The summed E-state index contributed by atoms with van der Waals surface area (Å²) in [5.41, 5.74) is 1.61. The summed E-state index contributed by atoms with van der Waals surface area (Å²) in [6.07, 6.45) is 0. The molecule has 1 amide bonds. The number of nitrogens with zero attached hydrogens (tertiary/aromatic N) is 2. The number of carbonyl (C=O) groups excluding carboxylic acids is 1. The van der Waals surface area contributed by atoms with Gasteiger partial charge >= 0.3 is 11.9 Å². The molecule has 0 bridgehead atoms. The third-order valence-electron chi connectivity index (χ3n) is 4.45. The van der Waals surface area contributed by atoms with Crippen LogP contribution in [0, 0.1) is 5.82 Å². The summed E-state index contributed by atoms with van der Waals surface area (Å²) in [5.74, 6) is -3.14. The van der Waals surface area contributed by atoms with Gasteiger partial charge in [0.2, 0.25) is 0 Å². The van der Waals surface area contributed by atoms with Crippen molar-refractivity contribution < 1.29 is 33.7 Å². The predicted octanol–water partition coefficient (Wildman–Crippen LogP) is 1.95. The van der Waals surface area contributed by atoms with E-state index in [9.17, 15) is 9.18 Å². The third kappa shape index (κ3) is 6.85. The second kappa shape index (κ2) is 10.9. The molecule has 30 heavy (non-hydrogen) atoms. The summed E-state index contributed by atoms with van der Waals surface area (Å²) >= 11 is 0. The van der Waals surface area contributed by atoms with Crippen LogP contribution in [0.25, 0.3) is 0 Å². The number of carbonyl (C=O) groups is 3. The van der Waals surface area contributed by atoms with E-state index in [2.05, 4.69) is 4.90 Å². The summed E-state index contributed by atoms with van der Waals surface area (Å²) in [6, 6.07) is 13.9. The maximum atomic E-state index is 13.3. The molecule has 2 N–H and O–H groups in total. The van der Waals surface area contributed by atoms with Crippen molar-refractivity contribution >= 4 is 17.8 Å². The normalized spacial score (nSPS) is 13.7. The third-order valence-corrected chi connectivity index (χ3v) is 4.45. The van der Waals surface area contributed by atoms with Crippen LogP contribution in [0.3, 0.4) is 0 Å². The lowest BCUT2D eigenvalue weighted by molar-refractivity contribution is -0.159. The van der Waals surface area contributed by atoms with Gasteiger partial charge in [0.25, 0.3) is 5.91 Å². The average molecular weight is 418 g/mol. The first-order valence-corrected chi connectivity index (χ1v) is 9.16. The lowest BCUT2D eigenvalue weighted by atomic mass is 10.1. The number of methoxy groups -OCH3 is 1. The van der Waals surface area contributed by atoms with E-state index in [0.29, 0.717) is 30.9 Å². The number of ether oxygens (including phenoxy) is 1. The molecule has 1 fully saturated rings. The number of halogens is 1. The van der Waals surface area contributed by atoms with Crippen LogP contribution in [0.2, 0.25) is 0 Å². The molecule has 0 aliphatic carbocycles. The van der Waals surface area contributed by atoms with Gasteiger partial charge in [0, 0.05) is 38.3 Å². The topological polar surface area (TPSA) is 107 Å². The summed E-state index contributed by atoms with van der Waals surface area (Å²) in [5, 5.41) is 14.8. The number of hydrogen-bond donors (Lipinski definition) is 2.